The summed E-state index contributed by atoms with van der Waals surface area (Å²) in [4.78, 5) is 12.8. The molecule has 1 heterocycles. The number of aromatic nitrogens is 2. The highest BCUT2D eigenvalue weighted by Gasteiger charge is 2.31. The minimum atomic E-state index is -0.865. The zero-order chi connectivity index (χ0) is 11.6. The number of aryl methyl sites for hydroxylation is 1. The molecule has 1 aromatic heterocycles. The second-order valence-corrected chi connectivity index (χ2v) is 4.24. The van der Waals surface area contributed by atoms with Gasteiger partial charge in [0.15, 0.2) is 0 Å². The van der Waals surface area contributed by atoms with Gasteiger partial charge in [0.1, 0.15) is 5.54 Å². The topological polar surface area (TPSA) is 58.4 Å². The van der Waals surface area contributed by atoms with Crippen LogP contribution in [-0.4, -0.2) is 38.3 Å². The Hall–Kier alpha value is -1.36. The monoisotopic (exact) mass is 211 g/mol. The van der Waals surface area contributed by atoms with Gasteiger partial charge in [0.25, 0.3) is 0 Å². The van der Waals surface area contributed by atoms with Gasteiger partial charge in [-0.2, -0.15) is 5.10 Å². The minimum absolute atomic E-state index is 0.577. The summed E-state index contributed by atoms with van der Waals surface area (Å²) >= 11 is 0. The van der Waals surface area contributed by atoms with E-state index in [0.717, 1.165) is 5.56 Å². The molecule has 15 heavy (non-hydrogen) atoms. The maximum Gasteiger partial charge on any atom is 0.323 e. The third-order valence-electron chi connectivity index (χ3n) is 2.66. The smallest absolute Gasteiger partial charge is 0.323 e. The van der Waals surface area contributed by atoms with Crippen LogP contribution < -0.4 is 0 Å². The molecule has 1 rings (SSSR count). The SMILES string of the molecule is CN(Cc1cnn(C)c1)C(C)(C)C(=O)O. The fourth-order valence-corrected chi connectivity index (χ4v) is 1.19. The molecule has 0 amide bonds. The Morgan fingerprint density at radius 2 is 2.27 bits per heavy atom. The van der Waals surface area contributed by atoms with Crippen molar-refractivity contribution < 1.29 is 9.90 Å². The van der Waals surface area contributed by atoms with Crippen molar-refractivity contribution in [1.82, 2.24) is 14.7 Å². The Morgan fingerprint density at radius 1 is 1.67 bits per heavy atom. The van der Waals surface area contributed by atoms with Crippen LogP contribution in [0.4, 0.5) is 0 Å². The Morgan fingerprint density at radius 3 is 2.67 bits per heavy atom. The molecule has 0 saturated heterocycles. The zero-order valence-electron chi connectivity index (χ0n) is 9.56. The third kappa shape index (κ3) is 2.56. The number of aliphatic carboxylic acids is 1. The predicted octanol–water partition coefficient (Wildman–Crippen LogP) is 0.715. The van der Waals surface area contributed by atoms with Gasteiger partial charge in [0, 0.05) is 25.4 Å². The molecule has 84 valence electrons. The largest absolute Gasteiger partial charge is 0.480 e. The van der Waals surface area contributed by atoms with Gasteiger partial charge < -0.3 is 5.11 Å². The van der Waals surface area contributed by atoms with E-state index < -0.39 is 11.5 Å². The highest BCUT2D eigenvalue weighted by molar-refractivity contribution is 5.77. The van der Waals surface area contributed by atoms with Gasteiger partial charge in [-0.15, -0.1) is 0 Å². The lowest BCUT2D eigenvalue weighted by Gasteiger charge is -2.30. The molecule has 0 aliphatic heterocycles. The van der Waals surface area contributed by atoms with Crippen molar-refractivity contribution in [3.8, 4) is 0 Å². The molecule has 0 radical (unpaired) electrons. The Labute approximate surface area is 89.3 Å². The summed E-state index contributed by atoms with van der Waals surface area (Å²) in [6.45, 7) is 3.95. The number of nitrogens with zero attached hydrogens (tertiary/aromatic N) is 3. The highest BCUT2D eigenvalue weighted by atomic mass is 16.4. The molecule has 1 N–H and O–H groups in total. The van der Waals surface area contributed by atoms with E-state index in [1.54, 1.807) is 36.7 Å². The summed E-state index contributed by atoms with van der Waals surface area (Å²) in [5.74, 6) is -0.825. The second-order valence-electron chi connectivity index (χ2n) is 4.24. The van der Waals surface area contributed by atoms with Crippen LogP contribution in [0.2, 0.25) is 0 Å². The Bertz CT molecular complexity index is 357. The second kappa shape index (κ2) is 4.02. The van der Waals surface area contributed by atoms with Crippen LogP contribution in [0, 0.1) is 0 Å². The molecule has 0 spiro atoms. The predicted molar refractivity (Wildman–Crippen MR) is 56.4 cm³/mol. The number of carbonyl (C=O) groups is 1. The number of hydrogen-bond acceptors (Lipinski definition) is 3. The zero-order valence-corrected chi connectivity index (χ0v) is 9.56. The van der Waals surface area contributed by atoms with Crippen molar-refractivity contribution in [2.24, 2.45) is 7.05 Å². The average molecular weight is 211 g/mol. The van der Waals surface area contributed by atoms with Crippen molar-refractivity contribution in [3.05, 3.63) is 18.0 Å². The first-order valence-corrected chi connectivity index (χ1v) is 4.76. The molecule has 0 unspecified atom stereocenters. The highest BCUT2D eigenvalue weighted by Crippen LogP contribution is 2.15. The van der Waals surface area contributed by atoms with Gasteiger partial charge in [-0.05, 0) is 20.9 Å². The lowest BCUT2D eigenvalue weighted by atomic mass is 10.0. The molecule has 0 fully saturated rings. The molecule has 5 nitrogen and oxygen atoms in total. The number of rotatable bonds is 4. The van der Waals surface area contributed by atoms with E-state index in [-0.39, 0.29) is 0 Å². The summed E-state index contributed by atoms with van der Waals surface area (Å²) in [7, 11) is 3.63. The summed E-state index contributed by atoms with van der Waals surface area (Å²) in [5, 5.41) is 13.1. The lowest BCUT2D eigenvalue weighted by molar-refractivity contribution is -0.148. The normalized spacial score (nSPS) is 12.1. The third-order valence-corrected chi connectivity index (χ3v) is 2.66. The molecule has 0 bridgehead atoms. The average Bonchev–Trinajstić information content (AvgIpc) is 2.50. The van der Waals surface area contributed by atoms with Crippen LogP contribution in [0.25, 0.3) is 0 Å². The number of carboxylic acid groups (broad SMARTS) is 1. The fourth-order valence-electron chi connectivity index (χ4n) is 1.19. The quantitative estimate of drug-likeness (QED) is 0.797. The molecule has 0 aromatic carbocycles. The first kappa shape index (κ1) is 11.7. The minimum Gasteiger partial charge on any atom is -0.480 e. The van der Waals surface area contributed by atoms with E-state index in [1.807, 2.05) is 13.2 Å². The van der Waals surface area contributed by atoms with E-state index in [0.29, 0.717) is 6.54 Å². The summed E-state index contributed by atoms with van der Waals surface area (Å²) in [6, 6.07) is 0. The Balaban J connectivity index is 2.71. The van der Waals surface area contributed by atoms with Crippen LogP contribution in [0.15, 0.2) is 12.4 Å². The van der Waals surface area contributed by atoms with Gasteiger partial charge >= 0.3 is 5.97 Å². The van der Waals surface area contributed by atoms with Crippen molar-refractivity contribution in [1.29, 1.82) is 0 Å². The lowest BCUT2D eigenvalue weighted by Crippen LogP contribution is -2.47. The van der Waals surface area contributed by atoms with E-state index in [1.165, 1.54) is 0 Å². The van der Waals surface area contributed by atoms with Gasteiger partial charge in [0.05, 0.1) is 6.20 Å². The van der Waals surface area contributed by atoms with Crippen molar-refractivity contribution in [2.75, 3.05) is 7.05 Å². The van der Waals surface area contributed by atoms with Crippen LogP contribution in [0.1, 0.15) is 19.4 Å². The van der Waals surface area contributed by atoms with Gasteiger partial charge in [-0.3, -0.25) is 14.4 Å². The fraction of sp³-hybridized carbons (Fsp3) is 0.600. The maximum atomic E-state index is 11.0. The van der Waals surface area contributed by atoms with Gasteiger partial charge in [-0.1, -0.05) is 0 Å². The molecular formula is C10H17N3O2. The molecule has 0 aliphatic carbocycles. The van der Waals surface area contributed by atoms with Crippen molar-refractivity contribution >= 4 is 5.97 Å². The van der Waals surface area contributed by atoms with Crippen LogP contribution in [0.5, 0.6) is 0 Å². The molecule has 0 aliphatic rings. The van der Waals surface area contributed by atoms with E-state index in [2.05, 4.69) is 5.10 Å². The van der Waals surface area contributed by atoms with Crippen molar-refractivity contribution in [2.45, 2.75) is 25.9 Å². The first-order chi connectivity index (χ1) is 6.84. The molecular weight excluding hydrogens is 194 g/mol. The van der Waals surface area contributed by atoms with Crippen LogP contribution >= 0.6 is 0 Å². The maximum absolute atomic E-state index is 11.0. The summed E-state index contributed by atoms with van der Waals surface area (Å²) in [5.41, 5.74) is 0.143. The van der Waals surface area contributed by atoms with Gasteiger partial charge in [0.2, 0.25) is 0 Å². The van der Waals surface area contributed by atoms with E-state index in [9.17, 15) is 4.79 Å². The first-order valence-electron chi connectivity index (χ1n) is 4.76. The molecule has 1 aromatic rings. The number of hydrogen-bond donors (Lipinski definition) is 1. The Kier molecular flexibility index (Phi) is 3.14. The van der Waals surface area contributed by atoms with Crippen LogP contribution in [-0.2, 0) is 18.4 Å². The molecule has 0 saturated carbocycles. The summed E-state index contributed by atoms with van der Waals surface area (Å²) in [6.07, 6.45) is 3.63. The standard InChI is InChI=1S/C10H17N3O2/c1-10(2,9(14)15)12(3)6-8-5-11-13(4)7-8/h5,7H,6H2,1-4H3,(H,14,15). The number of likely N-dealkylation sites (N-methyl/N-ethyl adjacent to an activating group) is 1. The van der Waals surface area contributed by atoms with Crippen LogP contribution in [0.3, 0.4) is 0 Å². The molecule has 5 heteroatoms. The van der Waals surface area contributed by atoms with Crippen molar-refractivity contribution in [3.63, 3.8) is 0 Å². The summed E-state index contributed by atoms with van der Waals surface area (Å²) < 4.78 is 1.71. The van der Waals surface area contributed by atoms with E-state index >= 15 is 0 Å². The number of carboxylic acids is 1. The van der Waals surface area contributed by atoms with E-state index in [4.69, 9.17) is 5.11 Å². The molecule has 0 atom stereocenters. The van der Waals surface area contributed by atoms with Gasteiger partial charge in [-0.25, -0.2) is 0 Å².